The summed E-state index contributed by atoms with van der Waals surface area (Å²) in [7, 11) is 0. The number of hydrogen-bond acceptors (Lipinski definition) is 5. The Bertz CT molecular complexity index is 622. The quantitative estimate of drug-likeness (QED) is 0.735. The second kappa shape index (κ2) is 5.38. The van der Waals surface area contributed by atoms with E-state index < -0.39 is 0 Å². The van der Waals surface area contributed by atoms with Crippen LogP contribution in [0, 0.1) is 6.92 Å². The van der Waals surface area contributed by atoms with E-state index in [0.717, 1.165) is 30.8 Å². The third-order valence-electron chi connectivity index (χ3n) is 3.54. The van der Waals surface area contributed by atoms with Crippen molar-refractivity contribution in [3.8, 4) is 0 Å². The number of nitrogens with one attached hydrogen (secondary N) is 3. The van der Waals surface area contributed by atoms with Crippen LogP contribution in [0.2, 0.25) is 0 Å². The first-order chi connectivity index (χ1) is 9.75. The minimum Gasteiger partial charge on any atom is -0.346 e. The van der Waals surface area contributed by atoms with Crippen molar-refractivity contribution in [3.05, 3.63) is 40.5 Å². The van der Waals surface area contributed by atoms with Crippen LogP contribution in [0.25, 0.3) is 0 Å². The fourth-order valence-corrected chi connectivity index (χ4v) is 2.45. The summed E-state index contributed by atoms with van der Waals surface area (Å²) in [5, 5.41) is 16.0. The van der Waals surface area contributed by atoms with Gasteiger partial charge in [-0.15, -0.1) is 0 Å². The summed E-state index contributed by atoms with van der Waals surface area (Å²) in [6.07, 6.45) is 4.29. The van der Waals surface area contributed by atoms with Gasteiger partial charge in [0.1, 0.15) is 0 Å². The van der Waals surface area contributed by atoms with Crippen LogP contribution in [0.1, 0.15) is 32.9 Å². The lowest BCUT2D eigenvalue weighted by Gasteiger charge is -2.21. The molecule has 0 bridgehead atoms. The predicted octanol–water partition coefficient (Wildman–Crippen LogP) is 0.0838. The van der Waals surface area contributed by atoms with Gasteiger partial charge in [-0.05, 0) is 36.6 Å². The molecule has 2 aromatic heterocycles. The number of amides is 1. The van der Waals surface area contributed by atoms with Crippen LogP contribution in [-0.2, 0) is 19.5 Å². The Balaban J connectivity index is 1.79. The zero-order valence-corrected chi connectivity index (χ0v) is 11.2. The zero-order valence-electron chi connectivity index (χ0n) is 11.2. The number of pyridine rings is 1. The highest BCUT2D eigenvalue weighted by molar-refractivity contribution is 5.91. The molecule has 1 aliphatic rings. The summed E-state index contributed by atoms with van der Waals surface area (Å²) >= 11 is 0. The largest absolute Gasteiger partial charge is 0.346 e. The molecule has 0 aromatic carbocycles. The fraction of sp³-hybridized carbons (Fsp3) is 0.385. The third-order valence-corrected chi connectivity index (χ3v) is 3.54. The average Bonchev–Trinajstić information content (AvgIpc) is 3.00. The second-order valence-corrected chi connectivity index (χ2v) is 4.79. The maximum Gasteiger partial charge on any atom is 0.273 e. The number of H-pyrrole nitrogens is 1. The van der Waals surface area contributed by atoms with Crippen LogP contribution in [0.15, 0.2) is 12.4 Å². The first-order valence-electron chi connectivity index (χ1n) is 6.56. The molecule has 1 aliphatic heterocycles. The molecule has 0 fully saturated rings. The van der Waals surface area contributed by atoms with Crippen LogP contribution in [0.3, 0.4) is 0 Å². The van der Waals surface area contributed by atoms with Gasteiger partial charge in [-0.3, -0.25) is 9.78 Å². The van der Waals surface area contributed by atoms with Gasteiger partial charge in [-0.25, -0.2) is 0 Å². The van der Waals surface area contributed by atoms with Gasteiger partial charge in [0, 0.05) is 25.0 Å². The van der Waals surface area contributed by atoms with Crippen molar-refractivity contribution < 1.29 is 4.79 Å². The van der Waals surface area contributed by atoms with Gasteiger partial charge in [-0.2, -0.15) is 15.4 Å². The molecule has 0 aliphatic carbocycles. The Hall–Kier alpha value is -2.28. The lowest BCUT2D eigenvalue weighted by molar-refractivity contribution is 0.0945. The number of carbonyl (C=O) groups is 1. The first-order valence-corrected chi connectivity index (χ1v) is 6.56. The highest BCUT2D eigenvalue weighted by Gasteiger charge is 2.17. The molecule has 3 rings (SSSR count). The molecule has 20 heavy (non-hydrogen) atoms. The lowest BCUT2D eigenvalue weighted by Crippen LogP contribution is -2.29. The maximum absolute atomic E-state index is 11.9. The molecule has 3 N–H and O–H groups in total. The third kappa shape index (κ3) is 2.39. The molecule has 7 nitrogen and oxygen atoms in total. The van der Waals surface area contributed by atoms with Crippen molar-refractivity contribution in [2.75, 3.05) is 6.54 Å². The first kappa shape index (κ1) is 12.7. The Morgan fingerprint density at radius 1 is 1.45 bits per heavy atom. The van der Waals surface area contributed by atoms with Gasteiger partial charge in [0.25, 0.3) is 5.91 Å². The summed E-state index contributed by atoms with van der Waals surface area (Å²) in [5.41, 5.74) is 4.89. The van der Waals surface area contributed by atoms with Gasteiger partial charge >= 0.3 is 0 Å². The molecule has 104 valence electrons. The molecular weight excluding hydrogens is 256 g/mol. The maximum atomic E-state index is 11.9. The fourth-order valence-electron chi connectivity index (χ4n) is 2.45. The Kier molecular flexibility index (Phi) is 3.42. The van der Waals surface area contributed by atoms with E-state index in [1.807, 2.05) is 13.1 Å². The predicted molar refractivity (Wildman–Crippen MR) is 71.9 cm³/mol. The Labute approximate surface area is 116 Å². The summed E-state index contributed by atoms with van der Waals surface area (Å²) in [5.74, 6) is -0.232. The number of nitrogens with zero attached hydrogens (tertiary/aromatic N) is 3. The van der Waals surface area contributed by atoms with E-state index in [4.69, 9.17) is 0 Å². The number of fused-ring (bicyclic) bond motifs is 1. The van der Waals surface area contributed by atoms with Crippen LogP contribution in [0.4, 0.5) is 0 Å². The van der Waals surface area contributed by atoms with Crippen molar-refractivity contribution in [2.24, 2.45) is 0 Å². The highest BCUT2D eigenvalue weighted by Crippen LogP contribution is 2.20. The van der Waals surface area contributed by atoms with Crippen molar-refractivity contribution in [1.29, 1.82) is 0 Å². The van der Waals surface area contributed by atoms with Crippen LogP contribution in [0.5, 0.6) is 0 Å². The van der Waals surface area contributed by atoms with E-state index in [-0.39, 0.29) is 5.91 Å². The normalized spacial score (nSPS) is 13.8. The molecule has 0 saturated heterocycles. The van der Waals surface area contributed by atoms with E-state index in [0.29, 0.717) is 12.2 Å². The number of hydrogen-bond donors (Lipinski definition) is 3. The molecule has 0 radical (unpaired) electrons. The molecule has 0 saturated carbocycles. The number of aromatic amines is 1. The standard InChI is InChI=1S/C13H16N6O/c1-8-11(6-16-13(20)12-7-17-19-18-12)10-2-3-14-4-9(10)5-15-8/h5,7,14H,2-4,6H2,1H3,(H,16,20)(H,17,18,19). The zero-order chi connectivity index (χ0) is 13.9. The molecule has 1 amide bonds. The van der Waals surface area contributed by atoms with Crippen molar-refractivity contribution >= 4 is 5.91 Å². The van der Waals surface area contributed by atoms with E-state index in [9.17, 15) is 4.79 Å². The number of aryl methyl sites for hydroxylation is 1. The van der Waals surface area contributed by atoms with E-state index in [1.165, 1.54) is 17.3 Å². The summed E-state index contributed by atoms with van der Waals surface area (Å²) < 4.78 is 0. The highest BCUT2D eigenvalue weighted by atomic mass is 16.1. The number of rotatable bonds is 3. The topological polar surface area (TPSA) is 95.6 Å². The van der Waals surface area contributed by atoms with E-state index in [1.54, 1.807) is 0 Å². The van der Waals surface area contributed by atoms with Gasteiger partial charge < -0.3 is 10.6 Å². The molecule has 0 unspecified atom stereocenters. The number of aromatic nitrogens is 4. The van der Waals surface area contributed by atoms with Crippen molar-refractivity contribution in [2.45, 2.75) is 26.4 Å². The monoisotopic (exact) mass is 272 g/mol. The summed E-state index contributed by atoms with van der Waals surface area (Å²) in [6, 6.07) is 0. The SMILES string of the molecule is Cc1ncc2c(c1CNC(=O)c1cn[nH]n1)CCNC2. The molecular formula is C13H16N6O. The lowest BCUT2D eigenvalue weighted by atomic mass is 9.96. The van der Waals surface area contributed by atoms with Crippen LogP contribution in [-0.4, -0.2) is 32.8 Å². The molecule has 0 spiro atoms. The number of carbonyl (C=O) groups excluding carboxylic acids is 1. The minimum atomic E-state index is -0.232. The van der Waals surface area contributed by atoms with Crippen LogP contribution < -0.4 is 10.6 Å². The van der Waals surface area contributed by atoms with Gasteiger partial charge in [-0.1, -0.05) is 0 Å². The van der Waals surface area contributed by atoms with Crippen molar-refractivity contribution in [1.82, 2.24) is 31.0 Å². The summed E-state index contributed by atoms with van der Waals surface area (Å²) in [6.45, 7) is 4.24. The Morgan fingerprint density at radius 2 is 2.35 bits per heavy atom. The smallest absolute Gasteiger partial charge is 0.273 e. The minimum absolute atomic E-state index is 0.232. The van der Waals surface area contributed by atoms with Crippen molar-refractivity contribution in [3.63, 3.8) is 0 Å². The summed E-state index contributed by atoms with van der Waals surface area (Å²) in [4.78, 5) is 16.3. The van der Waals surface area contributed by atoms with Gasteiger partial charge in [0.15, 0.2) is 5.69 Å². The van der Waals surface area contributed by atoms with E-state index >= 15 is 0 Å². The van der Waals surface area contributed by atoms with E-state index in [2.05, 4.69) is 31.0 Å². The van der Waals surface area contributed by atoms with Gasteiger partial charge in [0.05, 0.1) is 6.20 Å². The molecule has 3 heterocycles. The van der Waals surface area contributed by atoms with Gasteiger partial charge in [0.2, 0.25) is 0 Å². The Morgan fingerprint density at radius 3 is 3.15 bits per heavy atom. The molecule has 2 aromatic rings. The average molecular weight is 272 g/mol. The van der Waals surface area contributed by atoms with Crippen LogP contribution >= 0.6 is 0 Å². The molecule has 0 atom stereocenters. The second-order valence-electron chi connectivity index (χ2n) is 4.79. The molecule has 7 heteroatoms.